The van der Waals surface area contributed by atoms with Gasteiger partial charge in [0.2, 0.25) is 10.0 Å². The van der Waals surface area contributed by atoms with Crippen LogP contribution >= 0.6 is 11.3 Å². The molecule has 2 aromatic rings. The van der Waals surface area contributed by atoms with Crippen LogP contribution in [0.15, 0.2) is 40.6 Å². The Kier molecular flexibility index (Phi) is 5.15. The normalized spacial score (nSPS) is 11.0. The molecule has 6 heteroatoms. The van der Waals surface area contributed by atoms with Gasteiger partial charge in [0.05, 0.1) is 6.54 Å². The number of benzene rings is 1. The lowest BCUT2D eigenvalue weighted by Gasteiger charge is -2.07. The third kappa shape index (κ3) is 4.16. The molecule has 0 saturated carbocycles. The lowest BCUT2D eigenvalue weighted by molar-refractivity contribution is 0.583. The molecule has 110 valence electrons. The van der Waals surface area contributed by atoms with Crippen LogP contribution in [-0.4, -0.2) is 15.0 Å². The third-order valence-corrected chi connectivity index (χ3v) is 5.67. The number of sulfonamides is 1. The molecular weight excluding hydrogens is 304 g/mol. The molecule has 0 radical (unpaired) electrons. The maximum Gasteiger partial charge on any atom is 0.250 e. The quantitative estimate of drug-likeness (QED) is 0.845. The van der Waals surface area contributed by atoms with E-state index < -0.39 is 10.0 Å². The van der Waals surface area contributed by atoms with Crippen LogP contribution in [0.2, 0.25) is 0 Å². The average Bonchev–Trinajstić information content (AvgIpc) is 2.91. The molecule has 1 aromatic heterocycles. The molecule has 0 aliphatic carbocycles. The summed E-state index contributed by atoms with van der Waals surface area (Å²) in [6, 6.07) is 10.8. The Morgan fingerprint density at radius 2 is 2.00 bits per heavy atom. The zero-order chi connectivity index (χ0) is 15.3. The standard InChI is InChI=1S/C15H16N2O2S2/c1-12-8-9-15(20-12)21(18,19)17-11-14-6-3-2-5-13(14)7-4-10-16/h2-3,5-6,8-9,17H,10-11,16H2,1H3. The van der Waals surface area contributed by atoms with Crippen LogP contribution in [0.3, 0.4) is 0 Å². The van der Waals surface area contributed by atoms with E-state index >= 15 is 0 Å². The number of hydrogen-bond donors (Lipinski definition) is 2. The van der Waals surface area contributed by atoms with Gasteiger partial charge in [0.25, 0.3) is 0 Å². The lowest BCUT2D eigenvalue weighted by atomic mass is 10.1. The van der Waals surface area contributed by atoms with Gasteiger partial charge in [0.1, 0.15) is 4.21 Å². The van der Waals surface area contributed by atoms with Crippen molar-refractivity contribution in [3.8, 4) is 11.8 Å². The van der Waals surface area contributed by atoms with Crippen molar-refractivity contribution in [2.24, 2.45) is 5.73 Å². The molecule has 2 rings (SSSR count). The minimum atomic E-state index is -3.48. The maximum absolute atomic E-state index is 12.2. The molecule has 1 heterocycles. The van der Waals surface area contributed by atoms with Crippen molar-refractivity contribution >= 4 is 21.4 Å². The Labute approximate surface area is 129 Å². The molecule has 0 amide bonds. The minimum Gasteiger partial charge on any atom is -0.320 e. The Morgan fingerprint density at radius 1 is 1.24 bits per heavy atom. The predicted molar refractivity (Wildman–Crippen MR) is 85.5 cm³/mol. The Hall–Kier alpha value is -1.65. The van der Waals surface area contributed by atoms with Gasteiger partial charge in [-0.3, -0.25) is 0 Å². The fraction of sp³-hybridized carbons (Fsp3) is 0.200. The number of nitrogens with two attached hydrogens (primary N) is 1. The molecule has 0 atom stereocenters. The molecule has 0 spiro atoms. The van der Waals surface area contributed by atoms with Crippen molar-refractivity contribution < 1.29 is 8.42 Å². The van der Waals surface area contributed by atoms with Crippen LogP contribution in [0.5, 0.6) is 0 Å². The van der Waals surface area contributed by atoms with Crippen LogP contribution < -0.4 is 10.5 Å². The van der Waals surface area contributed by atoms with Crippen LogP contribution in [0.25, 0.3) is 0 Å². The summed E-state index contributed by atoms with van der Waals surface area (Å²) < 4.78 is 27.3. The first-order valence-corrected chi connectivity index (χ1v) is 8.66. The summed E-state index contributed by atoms with van der Waals surface area (Å²) in [6.45, 7) is 2.35. The topological polar surface area (TPSA) is 72.2 Å². The fourth-order valence-electron chi connectivity index (χ4n) is 1.74. The first kappa shape index (κ1) is 15.7. The van der Waals surface area contributed by atoms with E-state index in [1.165, 1.54) is 11.3 Å². The second-order valence-corrected chi connectivity index (χ2v) is 7.63. The monoisotopic (exact) mass is 320 g/mol. The Balaban J connectivity index is 2.17. The average molecular weight is 320 g/mol. The summed E-state index contributed by atoms with van der Waals surface area (Å²) in [7, 11) is -3.48. The summed E-state index contributed by atoms with van der Waals surface area (Å²) >= 11 is 1.25. The smallest absolute Gasteiger partial charge is 0.250 e. The van der Waals surface area contributed by atoms with E-state index in [4.69, 9.17) is 5.73 Å². The molecule has 0 aliphatic heterocycles. The lowest BCUT2D eigenvalue weighted by Crippen LogP contribution is -2.22. The highest BCUT2D eigenvalue weighted by molar-refractivity contribution is 7.91. The van der Waals surface area contributed by atoms with E-state index in [9.17, 15) is 8.42 Å². The number of thiophene rings is 1. The van der Waals surface area contributed by atoms with Gasteiger partial charge in [-0.1, -0.05) is 30.0 Å². The van der Waals surface area contributed by atoms with Crippen molar-refractivity contribution in [2.45, 2.75) is 17.7 Å². The predicted octanol–water partition coefficient (Wildman–Crippen LogP) is 1.85. The van der Waals surface area contributed by atoms with Crippen molar-refractivity contribution in [2.75, 3.05) is 6.54 Å². The van der Waals surface area contributed by atoms with Gasteiger partial charge in [0, 0.05) is 17.0 Å². The van der Waals surface area contributed by atoms with Crippen molar-refractivity contribution in [1.82, 2.24) is 4.72 Å². The Morgan fingerprint density at radius 3 is 2.67 bits per heavy atom. The number of rotatable bonds is 4. The zero-order valence-corrected chi connectivity index (χ0v) is 13.2. The summed E-state index contributed by atoms with van der Waals surface area (Å²) in [4.78, 5) is 0.963. The molecule has 4 nitrogen and oxygen atoms in total. The van der Waals surface area contributed by atoms with Crippen molar-refractivity contribution in [3.63, 3.8) is 0 Å². The van der Waals surface area contributed by atoms with E-state index in [1.807, 2.05) is 31.2 Å². The van der Waals surface area contributed by atoms with Gasteiger partial charge in [-0.25, -0.2) is 13.1 Å². The van der Waals surface area contributed by atoms with Crippen molar-refractivity contribution in [1.29, 1.82) is 0 Å². The van der Waals surface area contributed by atoms with Crippen LogP contribution in [0.1, 0.15) is 16.0 Å². The Bertz CT molecular complexity index is 783. The molecule has 0 bridgehead atoms. The van der Waals surface area contributed by atoms with Gasteiger partial charge in [-0.2, -0.15) is 0 Å². The third-order valence-electron chi connectivity index (χ3n) is 2.78. The van der Waals surface area contributed by atoms with E-state index in [0.29, 0.717) is 4.21 Å². The highest BCUT2D eigenvalue weighted by Gasteiger charge is 2.16. The molecule has 21 heavy (non-hydrogen) atoms. The van der Waals surface area contributed by atoms with Crippen LogP contribution in [-0.2, 0) is 16.6 Å². The van der Waals surface area contributed by atoms with Gasteiger partial charge in [-0.05, 0) is 30.7 Å². The summed E-state index contributed by atoms with van der Waals surface area (Å²) in [6.07, 6.45) is 0. The van der Waals surface area contributed by atoms with Gasteiger partial charge >= 0.3 is 0 Å². The minimum absolute atomic E-state index is 0.203. The highest BCUT2D eigenvalue weighted by Crippen LogP contribution is 2.20. The van der Waals surface area contributed by atoms with Gasteiger partial charge in [-0.15, -0.1) is 11.3 Å². The highest BCUT2D eigenvalue weighted by atomic mass is 32.2. The van der Waals surface area contributed by atoms with E-state index in [0.717, 1.165) is 16.0 Å². The maximum atomic E-state index is 12.2. The first-order chi connectivity index (χ1) is 10.0. The molecule has 1 aromatic carbocycles. The molecule has 0 saturated heterocycles. The second kappa shape index (κ2) is 6.87. The number of nitrogens with one attached hydrogen (secondary N) is 1. The fourth-order valence-corrected chi connectivity index (χ4v) is 4.08. The van der Waals surface area contributed by atoms with E-state index in [1.54, 1.807) is 12.1 Å². The first-order valence-electron chi connectivity index (χ1n) is 6.36. The van der Waals surface area contributed by atoms with Crippen molar-refractivity contribution in [3.05, 3.63) is 52.4 Å². The molecule has 0 unspecified atom stereocenters. The molecule has 0 fully saturated rings. The number of aryl methyl sites for hydroxylation is 1. The second-order valence-electron chi connectivity index (χ2n) is 4.35. The molecule has 3 N–H and O–H groups in total. The summed E-state index contributed by atoms with van der Waals surface area (Å²) in [5.74, 6) is 5.73. The van der Waals surface area contributed by atoms with Crippen LogP contribution in [0, 0.1) is 18.8 Å². The summed E-state index contributed by atoms with van der Waals surface area (Å²) in [5.41, 5.74) is 6.98. The molecule has 0 aliphatic rings. The van der Waals surface area contributed by atoms with E-state index in [-0.39, 0.29) is 13.1 Å². The van der Waals surface area contributed by atoms with Crippen LogP contribution in [0.4, 0.5) is 0 Å². The molecular formula is C15H16N2O2S2. The summed E-state index contributed by atoms with van der Waals surface area (Å²) in [5, 5.41) is 0. The number of hydrogen-bond acceptors (Lipinski definition) is 4. The van der Waals surface area contributed by atoms with E-state index in [2.05, 4.69) is 16.6 Å². The van der Waals surface area contributed by atoms with Gasteiger partial charge in [0.15, 0.2) is 0 Å². The van der Waals surface area contributed by atoms with Gasteiger partial charge < -0.3 is 5.73 Å². The zero-order valence-electron chi connectivity index (χ0n) is 11.6. The SMILES string of the molecule is Cc1ccc(S(=O)(=O)NCc2ccccc2C#CCN)s1. The largest absolute Gasteiger partial charge is 0.320 e.